The lowest BCUT2D eigenvalue weighted by molar-refractivity contribution is 0.521. The van der Waals surface area contributed by atoms with E-state index in [2.05, 4.69) is 4.98 Å². The second-order valence-corrected chi connectivity index (χ2v) is 7.24. The Hall–Kier alpha value is -2.11. The molecule has 0 aliphatic heterocycles. The molecule has 0 saturated heterocycles. The standard InChI is InChI=1S/C16H16N2O2S/c1-18(2)21(19,20)14-9-8-13-10-15(17-16(13)11-14)12-6-4-3-5-7-12/h3-11,17H,1-2H3. The van der Waals surface area contributed by atoms with Crippen LogP contribution in [0, 0.1) is 0 Å². The van der Waals surface area contributed by atoms with E-state index >= 15 is 0 Å². The first-order valence-electron chi connectivity index (χ1n) is 6.59. The molecule has 0 aliphatic carbocycles. The van der Waals surface area contributed by atoms with Gasteiger partial charge in [-0.3, -0.25) is 0 Å². The maximum atomic E-state index is 12.2. The number of benzene rings is 2. The van der Waals surface area contributed by atoms with Gasteiger partial charge in [0.1, 0.15) is 0 Å². The zero-order valence-corrected chi connectivity index (χ0v) is 12.7. The molecular weight excluding hydrogens is 284 g/mol. The van der Waals surface area contributed by atoms with E-state index in [1.54, 1.807) is 12.1 Å². The smallest absolute Gasteiger partial charge is 0.242 e. The van der Waals surface area contributed by atoms with Crippen LogP contribution in [0.25, 0.3) is 22.2 Å². The Labute approximate surface area is 124 Å². The van der Waals surface area contributed by atoms with Crippen molar-refractivity contribution in [3.05, 3.63) is 54.6 Å². The first-order valence-corrected chi connectivity index (χ1v) is 8.03. The molecule has 3 aromatic rings. The predicted octanol–water partition coefficient (Wildman–Crippen LogP) is 3.09. The third-order valence-electron chi connectivity index (χ3n) is 3.46. The molecule has 4 nitrogen and oxygen atoms in total. The molecule has 0 amide bonds. The number of aromatic nitrogens is 1. The minimum atomic E-state index is -3.41. The van der Waals surface area contributed by atoms with E-state index in [0.29, 0.717) is 4.90 Å². The number of fused-ring (bicyclic) bond motifs is 1. The highest BCUT2D eigenvalue weighted by molar-refractivity contribution is 7.89. The summed E-state index contributed by atoms with van der Waals surface area (Å²) in [7, 11) is -0.348. The van der Waals surface area contributed by atoms with E-state index in [0.717, 1.165) is 22.2 Å². The van der Waals surface area contributed by atoms with E-state index in [4.69, 9.17) is 0 Å². The van der Waals surface area contributed by atoms with Crippen LogP contribution in [0.5, 0.6) is 0 Å². The molecule has 1 heterocycles. The molecule has 0 spiro atoms. The Morgan fingerprint density at radius 2 is 1.67 bits per heavy atom. The maximum Gasteiger partial charge on any atom is 0.242 e. The summed E-state index contributed by atoms with van der Waals surface area (Å²) in [5.74, 6) is 0. The fraction of sp³-hybridized carbons (Fsp3) is 0.125. The monoisotopic (exact) mass is 300 g/mol. The second-order valence-electron chi connectivity index (χ2n) is 5.09. The molecule has 0 saturated carbocycles. The van der Waals surface area contributed by atoms with Crippen molar-refractivity contribution in [2.45, 2.75) is 4.90 Å². The molecule has 0 unspecified atom stereocenters. The molecule has 0 fully saturated rings. The van der Waals surface area contributed by atoms with Gasteiger partial charge in [-0.1, -0.05) is 36.4 Å². The summed E-state index contributed by atoms with van der Waals surface area (Å²) in [5, 5.41) is 0.992. The minimum Gasteiger partial charge on any atom is -0.354 e. The molecule has 2 aromatic carbocycles. The summed E-state index contributed by atoms with van der Waals surface area (Å²) in [5.41, 5.74) is 2.87. The van der Waals surface area contributed by atoms with Crippen LogP contribution in [-0.2, 0) is 10.0 Å². The van der Waals surface area contributed by atoms with Gasteiger partial charge in [0.2, 0.25) is 10.0 Å². The van der Waals surface area contributed by atoms with E-state index < -0.39 is 10.0 Å². The van der Waals surface area contributed by atoms with Gasteiger partial charge in [-0.15, -0.1) is 0 Å². The van der Waals surface area contributed by atoms with Gasteiger partial charge in [0.15, 0.2) is 0 Å². The average Bonchev–Trinajstić information content (AvgIpc) is 2.91. The number of nitrogens with zero attached hydrogens (tertiary/aromatic N) is 1. The Morgan fingerprint density at radius 3 is 2.33 bits per heavy atom. The van der Waals surface area contributed by atoms with Crippen LogP contribution in [0.3, 0.4) is 0 Å². The van der Waals surface area contributed by atoms with Gasteiger partial charge in [0.25, 0.3) is 0 Å². The van der Waals surface area contributed by atoms with Crippen LogP contribution in [-0.4, -0.2) is 31.8 Å². The second kappa shape index (κ2) is 5.02. The summed E-state index contributed by atoms with van der Waals surface area (Å²) in [4.78, 5) is 3.57. The van der Waals surface area contributed by atoms with Crippen LogP contribution in [0.2, 0.25) is 0 Å². The van der Waals surface area contributed by atoms with Gasteiger partial charge in [0.05, 0.1) is 4.90 Å². The first kappa shape index (κ1) is 13.9. The zero-order chi connectivity index (χ0) is 15.0. The van der Waals surface area contributed by atoms with Gasteiger partial charge < -0.3 is 4.98 Å². The molecule has 5 heteroatoms. The van der Waals surface area contributed by atoms with Crippen LogP contribution in [0.1, 0.15) is 0 Å². The van der Waals surface area contributed by atoms with Gasteiger partial charge in [0, 0.05) is 30.7 Å². The number of hydrogen-bond donors (Lipinski definition) is 1. The van der Waals surface area contributed by atoms with Crippen LogP contribution in [0.4, 0.5) is 0 Å². The van der Waals surface area contributed by atoms with Gasteiger partial charge in [-0.05, 0) is 23.8 Å². The van der Waals surface area contributed by atoms with E-state index in [1.807, 2.05) is 42.5 Å². The van der Waals surface area contributed by atoms with E-state index in [-0.39, 0.29) is 0 Å². The number of H-pyrrole nitrogens is 1. The number of aromatic amines is 1. The van der Waals surface area contributed by atoms with Crippen molar-refractivity contribution in [1.82, 2.24) is 9.29 Å². The molecule has 0 radical (unpaired) electrons. The quantitative estimate of drug-likeness (QED) is 0.808. The summed E-state index contributed by atoms with van der Waals surface area (Å²) in [6.45, 7) is 0. The van der Waals surface area contributed by atoms with Gasteiger partial charge in [-0.2, -0.15) is 0 Å². The highest BCUT2D eigenvalue weighted by Crippen LogP contribution is 2.26. The zero-order valence-electron chi connectivity index (χ0n) is 11.9. The summed E-state index contributed by atoms with van der Waals surface area (Å²) in [6.07, 6.45) is 0. The van der Waals surface area contributed by atoms with Crippen molar-refractivity contribution in [3.63, 3.8) is 0 Å². The first-order chi connectivity index (χ1) is 9.98. The molecular formula is C16H16N2O2S. The highest BCUT2D eigenvalue weighted by Gasteiger charge is 2.17. The van der Waals surface area contributed by atoms with Crippen LogP contribution < -0.4 is 0 Å². The lowest BCUT2D eigenvalue weighted by Crippen LogP contribution is -2.22. The lowest BCUT2D eigenvalue weighted by atomic mass is 10.1. The number of nitrogens with one attached hydrogen (secondary N) is 1. The Bertz CT molecular complexity index is 881. The topological polar surface area (TPSA) is 53.2 Å². The summed E-state index contributed by atoms with van der Waals surface area (Å²) < 4.78 is 25.5. The Balaban J connectivity index is 2.12. The molecule has 108 valence electrons. The fourth-order valence-corrected chi connectivity index (χ4v) is 3.18. The van der Waals surface area contributed by atoms with Crippen molar-refractivity contribution < 1.29 is 8.42 Å². The predicted molar refractivity (Wildman–Crippen MR) is 84.6 cm³/mol. The Kier molecular flexibility index (Phi) is 3.31. The van der Waals surface area contributed by atoms with Crippen molar-refractivity contribution >= 4 is 20.9 Å². The van der Waals surface area contributed by atoms with E-state index in [1.165, 1.54) is 18.4 Å². The maximum absolute atomic E-state index is 12.2. The highest BCUT2D eigenvalue weighted by atomic mass is 32.2. The molecule has 1 aromatic heterocycles. The minimum absolute atomic E-state index is 0.293. The average molecular weight is 300 g/mol. The normalized spacial score (nSPS) is 12.1. The van der Waals surface area contributed by atoms with Gasteiger partial charge in [-0.25, -0.2) is 12.7 Å². The molecule has 0 atom stereocenters. The van der Waals surface area contributed by atoms with Crippen molar-refractivity contribution in [1.29, 1.82) is 0 Å². The number of rotatable bonds is 3. The third-order valence-corrected chi connectivity index (χ3v) is 5.27. The molecule has 0 bridgehead atoms. The molecule has 1 N–H and O–H groups in total. The van der Waals surface area contributed by atoms with E-state index in [9.17, 15) is 8.42 Å². The summed E-state index contributed by atoms with van der Waals surface area (Å²) >= 11 is 0. The molecule has 21 heavy (non-hydrogen) atoms. The molecule has 0 aliphatic rings. The van der Waals surface area contributed by atoms with Crippen LogP contribution in [0.15, 0.2) is 59.5 Å². The Morgan fingerprint density at radius 1 is 0.952 bits per heavy atom. The third kappa shape index (κ3) is 2.46. The number of sulfonamides is 1. The van der Waals surface area contributed by atoms with Crippen molar-refractivity contribution in [2.24, 2.45) is 0 Å². The number of hydrogen-bond acceptors (Lipinski definition) is 2. The summed E-state index contributed by atoms with van der Waals surface area (Å²) in [6, 6.07) is 17.1. The van der Waals surface area contributed by atoms with Crippen molar-refractivity contribution in [2.75, 3.05) is 14.1 Å². The fourth-order valence-electron chi connectivity index (χ4n) is 2.25. The van der Waals surface area contributed by atoms with Crippen molar-refractivity contribution in [3.8, 4) is 11.3 Å². The SMILES string of the molecule is CN(C)S(=O)(=O)c1ccc2cc(-c3ccccc3)[nH]c2c1. The lowest BCUT2D eigenvalue weighted by Gasteiger charge is -2.10. The molecule has 3 rings (SSSR count). The van der Waals surface area contributed by atoms with Gasteiger partial charge >= 0.3 is 0 Å². The largest absolute Gasteiger partial charge is 0.354 e. The van der Waals surface area contributed by atoms with Crippen LogP contribution >= 0.6 is 0 Å².